The van der Waals surface area contributed by atoms with Gasteiger partial charge in [0, 0.05) is 25.6 Å². The molecule has 2 N–H and O–H groups in total. The Morgan fingerprint density at radius 1 is 1.42 bits per heavy atom. The fourth-order valence-corrected chi connectivity index (χ4v) is 2.36. The number of nitro groups is 1. The van der Waals surface area contributed by atoms with E-state index < -0.39 is 10.5 Å². The molecule has 7 heteroatoms. The lowest BCUT2D eigenvalue weighted by atomic mass is 9.88. The molecule has 0 bridgehead atoms. The zero-order valence-corrected chi connectivity index (χ0v) is 11.3. The third-order valence-electron chi connectivity index (χ3n) is 3.20. The van der Waals surface area contributed by atoms with Crippen molar-refractivity contribution >= 4 is 24.0 Å². The average molecular weight is 286 g/mol. The lowest BCUT2D eigenvalue weighted by Crippen LogP contribution is -2.46. The number of non-ortho nitro benzene ring substituents is 1. The first-order valence-electron chi connectivity index (χ1n) is 5.78. The SMILES string of the molecule is CC(=O)N[C@@]1(c2ccc([N+](=O)[O-])cc2)CCNC1.Cl. The summed E-state index contributed by atoms with van der Waals surface area (Å²) in [6, 6.07) is 6.36. The minimum atomic E-state index is -0.443. The maximum atomic E-state index is 11.3. The molecule has 1 fully saturated rings. The fourth-order valence-electron chi connectivity index (χ4n) is 2.36. The Hall–Kier alpha value is -1.66. The van der Waals surface area contributed by atoms with E-state index >= 15 is 0 Å². The molecule has 0 radical (unpaired) electrons. The lowest BCUT2D eigenvalue weighted by molar-refractivity contribution is -0.384. The van der Waals surface area contributed by atoms with Crippen LogP contribution in [0.15, 0.2) is 24.3 Å². The van der Waals surface area contributed by atoms with E-state index in [0.29, 0.717) is 6.54 Å². The number of halogens is 1. The van der Waals surface area contributed by atoms with E-state index in [4.69, 9.17) is 0 Å². The topological polar surface area (TPSA) is 84.3 Å². The number of hydrogen-bond acceptors (Lipinski definition) is 4. The zero-order valence-electron chi connectivity index (χ0n) is 10.5. The molecule has 0 aromatic heterocycles. The molecule has 1 heterocycles. The average Bonchev–Trinajstić information content (AvgIpc) is 2.78. The van der Waals surface area contributed by atoms with Gasteiger partial charge in [-0.3, -0.25) is 14.9 Å². The van der Waals surface area contributed by atoms with E-state index in [1.807, 2.05) is 0 Å². The molecule has 1 aliphatic rings. The second-order valence-electron chi connectivity index (χ2n) is 4.49. The molecule has 6 nitrogen and oxygen atoms in total. The Bertz CT molecular complexity index is 470. The Morgan fingerprint density at radius 3 is 2.47 bits per heavy atom. The molecule has 0 aliphatic carbocycles. The maximum absolute atomic E-state index is 11.3. The molecular weight excluding hydrogens is 270 g/mol. The predicted octanol–water partition coefficient (Wildman–Crippen LogP) is 1.34. The van der Waals surface area contributed by atoms with E-state index in [2.05, 4.69) is 10.6 Å². The molecule has 1 atom stereocenters. The van der Waals surface area contributed by atoms with Crippen molar-refractivity contribution in [3.8, 4) is 0 Å². The monoisotopic (exact) mass is 285 g/mol. The first-order valence-corrected chi connectivity index (χ1v) is 5.78. The molecule has 1 aliphatic heterocycles. The van der Waals surface area contributed by atoms with Gasteiger partial charge in [-0.15, -0.1) is 12.4 Å². The summed E-state index contributed by atoms with van der Waals surface area (Å²) < 4.78 is 0. The molecule has 1 aromatic rings. The van der Waals surface area contributed by atoms with E-state index in [0.717, 1.165) is 18.5 Å². The largest absolute Gasteiger partial charge is 0.345 e. The van der Waals surface area contributed by atoms with Gasteiger partial charge in [-0.1, -0.05) is 0 Å². The van der Waals surface area contributed by atoms with Gasteiger partial charge < -0.3 is 10.6 Å². The third kappa shape index (κ3) is 3.21. The lowest BCUT2D eigenvalue weighted by Gasteiger charge is -2.29. The van der Waals surface area contributed by atoms with Crippen LogP contribution in [-0.2, 0) is 10.3 Å². The van der Waals surface area contributed by atoms with E-state index in [1.54, 1.807) is 12.1 Å². The zero-order chi connectivity index (χ0) is 13.2. The van der Waals surface area contributed by atoms with Gasteiger partial charge >= 0.3 is 0 Å². The van der Waals surface area contributed by atoms with Crippen LogP contribution in [0.3, 0.4) is 0 Å². The third-order valence-corrected chi connectivity index (χ3v) is 3.20. The van der Waals surface area contributed by atoms with Gasteiger partial charge in [0.15, 0.2) is 0 Å². The molecule has 0 spiro atoms. The second kappa shape index (κ2) is 5.99. The summed E-state index contributed by atoms with van der Waals surface area (Å²) in [5.74, 6) is -0.1000. The van der Waals surface area contributed by atoms with Crippen LogP contribution >= 0.6 is 12.4 Å². The Labute approximate surface area is 117 Å². The van der Waals surface area contributed by atoms with Crippen LogP contribution in [0, 0.1) is 10.1 Å². The van der Waals surface area contributed by atoms with Gasteiger partial charge in [-0.25, -0.2) is 0 Å². The summed E-state index contributed by atoms with van der Waals surface area (Å²) in [7, 11) is 0. The summed E-state index contributed by atoms with van der Waals surface area (Å²) in [5.41, 5.74) is 0.511. The Kier molecular flexibility index (Phi) is 4.85. The molecule has 19 heavy (non-hydrogen) atoms. The summed E-state index contributed by atoms with van der Waals surface area (Å²) in [6.45, 7) is 2.94. The van der Waals surface area contributed by atoms with E-state index in [1.165, 1.54) is 19.1 Å². The standard InChI is InChI=1S/C12H15N3O3.ClH/c1-9(16)14-12(6-7-13-8-12)10-2-4-11(5-3-10)15(17)18;/h2-5,13H,6-8H2,1H3,(H,14,16);1H/t12-;/m0./s1. The van der Waals surface area contributed by atoms with Gasteiger partial charge in [0.25, 0.3) is 5.69 Å². The van der Waals surface area contributed by atoms with Crippen LogP contribution < -0.4 is 10.6 Å². The first-order chi connectivity index (χ1) is 8.53. The quantitative estimate of drug-likeness (QED) is 0.648. The summed E-state index contributed by atoms with van der Waals surface area (Å²) in [6.07, 6.45) is 0.782. The van der Waals surface area contributed by atoms with Crippen molar-refractivity contribution < 1.29 is 9.72 Å². The number of hydrogen-bond donors (Lipinski definition) is 2. The van der Waals surface area contributed by atoms with Crippen molar-refractivity contribution in [1.82, 2.24) is 10.6 Å². The van der Waals surface area contributed by atoms with Crippen LogP contribution in [0.1, 0.15) is 18.9 Å². The van der Waals surface area contributed by atoms with Gasteiger partial charge in [-0.05, 0) is 30.7 Å². The highest BCUT2D eigenvalue weighted by molar-refractivity contribution is 5.85. The molecular formula is C12H16ClN3O3. The van der Waals surface area contributed by atoms with Gasteiger partial charge in [0.2, 0.25) is 5.91 Å². The van der Waals surface area contributed by atoms with Crippen molar-refractivity contribution in [2.24, 2.45) is 0 Å². The van der Waals surface area contributed by atoms with Crippen molar-refractivity contribution in [3.63, 3.8) is 0 Å². The smallest absolute Gasteiger partial charge is 0.269 e. The van der Waals surface area contributed by atoms with Crippen LogP contribution in [0.25, 0.3) is 0 Å². The van der Waals surface area contributed by atoms with Gasteiger partial charge in [0.05, 0.1) is 10.5 Å². The number of carbonyl (C=O) groups excluding carboxylic acids is 1. The van der Waals surface area contributed by atoms with Crippen molar-refractivity contribution in [2.45, 2.75) is 18.9 Å². The van der Waals surface area contributed by atoms with Crippen LogP contribution in [0.2, 0.25) is 0 Å². The highest BCUT2D eigenvalue weighted by Gasteiger charge is 2.36. The normalized spacial score (nSPS) is 21.5. The molecule has 104 valence electrons. The van der Waals surface area contributed by atoms with E-state index in [9.17, 15) is 14.9 Å². The number of nitrogens with zero attached hydrogens (tertiary/aromatic N) is 1. The second-order valence-corrected chi connectivity index (χ2v) is 4.49. The van der Waals surface area contributed by atoms with Crippen LogP contribution in [-0.4, -0.2) is 23.9 Å². The molecule has 1 saturated heterocycles. The Balaban J connectivity index is 0.00000180. The Morgan fingerprint density at radius 2 is 2.05 bits per heavy atom. The first kappa shape index (κ1) is 15.4. The number of amides is 1. The highest BCUT2D eigenvalue weighted by atomic mass is 35.5. The van der Waals surface area contributed by atoms with Crippen LogP contribution in [0.5, 0.6) is 0 Å². The molecule has 1 aromatic carbocycles. The van der Waals surface area contributed by atoms with Crippen molar-refractivity contribution in [3.05, 3.63) is 39.9 Å². The molecule has 1 amide bonds. The minimum Gasteiger partial charge on any atom is -0.345 e. The van der Waals surface area contributed by atoms with Gasteiger partial charge in [-0.2, -0.15) is 0 Å². The summed E-state index contributed by atoms with van der Waals surface area (Å²) in [4.78, 5) is 21.5. The van der Waals surface area contributed by atoms with Crippen LogP contribution in [0.4, 0.5) is 5.69 Å². The fraction of sp³-hybridized carbons (Fsp3) is 0.417. The number of carbonyl (C=O) groups is 1. The summed E-state index contributed by atoms with van der Waals surface area (Å²) in [5, 5.41) is 16.8. The predicted molar refractivity (Wildman–Crippen MR) is 73.3 cm³/mol. The summed E-state index contributed by atoms with van der Waals surface area (Å²) >= 11 is 0. The number of benzene rings is 1. The number of nitrogens with one attached hydrogen (secondary N) is 2. The van der Waals surface area contributed by atoms with Crippen molar-refractivity contribution in [1.29, 1.82) is 0 Å². The number of rotatable bonds is 3. The van der Waals surface area contributed by atoms with E-state index in [-0.39, 0.29) is 24.0 Å². The highest BCUT2D eigenvalue weighted by Crippen LogP contribution is 2.29. The maximum Gasteiger partial charge on any atom is 0.269 e. The van der Waals surface area contributed by atoms with Gasteiger partial charge in [0.1, 0.15) is 0 Å². The minimum absolute atomic E-state index is 0. The van der Waals surface area contributed by atoms with Crippen molar-refractivity contribution in [2.75, 3.05) is 13.1 Å². The molecule has 0 unspecified atom stereocenters. The molecule has 2 rings (SSSR count). The molecule has 0 saturated carbocycles. The number of nitro benzene ring substituents is 1.